The van der Waals surface area contributed by atoms with Crippen molar-refractivity contribution in [2.75, 3.05) is 14.2 Å². The molecule has 0 saturated carbocycles. The van der Waals surface area contributed by atoms with Crippen LogP contribution in [0, 0.1) is 0 Å². The molecule has 0 spiro atoms. The molecule has 0 aromatic heterocycles. The van der Waals surface area contributed by atoms with Gasteiger partial charge in [-0.25, -0.2) is 9.59 Å². The fourth-order valence-corrected chi connectivity index (χ4v) is 3.92. The van der Waals surface area contributed by atoms with Gasteiger partial charge in [-0.15, -0.1) is 0 Å². The highest BCUT2D eigenvalue weighted by Gasteiger charge is 2.52. The molecule has 2 aromatic carbocycles. The second-order valence-electron chi connectivity index (χ2n) is 8.21. The highest BCUT2D eigenvalue weighted by atomic mass is 19.4. The third kappa shape index (κ3) is 6.72. The normalized spacial score (nSPS) is 14.6. The molecule has 3 atom stereocenters. The molecule has 0 fully saturated rings. The summed E-state index contributed by atoms with van der Waals surface area (Å²) >= 11 is 0. The molecule has 1 amide bonds. The van der Waals surface area contributed by atoms with Gasteiger partial charge >= 0.3 is 24.0 Å². The third-order valence-electron chi connectivity index (χ3n) is 5.77. The van der Waals surface area contributed by atoms with Crippen LogP contribution >= 0.6 is 0 Å². The fourth-order valence-electron chi connectivity index (χ4n) is 3.92. The van der Waals surface area contributed by atoms with Crippen LogP contribution in [-0.4, -0.2) is 59.9 Å². The largest absolute Gasteiger partial charge is 0.471 e. The smallest absolute Gasteiger partial charge is 0.467 e. The summed E-state index contributed by atoms with van der Waals surface area (Å²) < 4.78 is 50.5. The molecule has 0 radical (unpaired) electrons. The topological polar surface area (TPSA) is 93.1 Å². The van der Waals surface area contributed by atoms with E-state index in [4.69, 9.17) is 9.47 Å². The maximum absolute atomic E-state index is 13.7. The number of hydrogen-bond donors (Lipinski definition) is 1. The first-order valence-corrected chi connectivity index (χ1v) is 10.9. The number of rotatable bonds is 10. The van der Waals surface area contributed by atoms with Gasteiger partial charge in [0, 0.05) is 12.8 Å². The zero-order valence-electron chi connectivity index (χ0n) is 20.1. The minimum Gasteiger partial charge on any atom is -0.467 e. The van der Waals surface area contributed by atoms with Crippen LogP contribution in [0.2, 0.25) is 0 Å². The lowest BCUT2D eigenvalue weighted by Crippen LogP contribution is -2.56. The van der Waals surface area contributed by atoms with Crippen LogP contribution < -0.4 is 0 Å². The van der Waals surface area contributed by atoms with Crippen molar-refractivity contribution in [2.45, 2.75) is 43.6 Å². The first-order valence-electron chi connectivity index (χ1n) is 10.9. The van der Waals surface area contributed by atoms with Gasteiger partial charge in [0.05, 0.1) is 20.3 Å². The van der Waals surface area contributed by atoms with Gasteiger partial charge in [-0.05, 0) is 23.6 Å². The Morgan fingerprint density at radius 3 is 1.97 bits per heavy atom. The number of methoxy groups -OCH3 is 2. The lowest BCUT2D eigenvalue weighted by molar-refractivity contribution is -0.195. The molecule has 0 aliphatic carbocycles. The number of alkyl halides is 3. The monoisotopic (exact) mass is 507 g/mol. The number of halogens is 3. The highest BCUT2D eigenvalue weighted by molar-refractivity contribution is 5.90. The van der Waals surface area contributed by atoms with E-state index in [1.807, 2.05) is 0 Å². The van der Waals surface area contributed by atoms with E-state index in [-0.39, 0.29) is 10.5 Å². The Balaban J connectivity index is 2.58. The van der Waals surface area contributed by atoms with Crippen LogP contribution in [0.4, 0.5) is 13.2 Å². The average Bonchev–Trinajstić information content (AvgIpc) is 2.87. The molecule has 0 aliphatic rings. The van der Waals surface area contributed by atoms with Crippen LogP contribution in [0.1, 0.15) is 36.9 Å². The van der Waals surface area contributed by atoms with E-state index < -0.39 is 54.5 Å². The standard InChI is InChI=1S/C26H28F3NO6/c1-17(19-11-7-5-8-12-19)15-25(34,24(33)36-4)16-21(22(31)35-3)30(23(32)26(27,28)29)18(2)20-13-9-6-10-14-20/h5-14,18,21,34H,1,15-16H2,2-4H3/t18-,21+,25+/m1/s1. The zero-order chi connectivity index (χ0) is 27.1. The number of carbonyl (C=O) groups excluding carboxylic acids is 3. The summed E-state index contributed by atoms with van der Waals surface area (Å²) in [4.78, 5) is 38.3. The van der Waals surface area contributed by atoms with E-state index in [1.165, 1.54) is 19.1 Å². The van der Waals surface area contributed by atoms with E-state index in [0.29, 0.717) is 11.1 Å². The van der Waals surface area contributed by atoms with Crippen LogP contribution in [0.5, 0.6) is 0 Å². The quantitative estimate of drug-likeness (QED) is 0.488. The van der Waals surface area contributed by atoms with Crippen molar-refractivity contribution in [2.24, 2.45) is 0 Å². The Hall–Kier alpha value is -3.66. The summed E-state index contributed by atoms with van der Waals surface area (Å²) in [6, 6.07) is 12.9. The van der Waals surface area contributed by atoms with Crippen LogP contribution in [-0.2, 0) is 23.9 Å². The third-order valence-corrected chi connectivity index (χ3v) is 5.77. The van der Waals surface area contributed by atoms with Crippen molar-refractivity contribution in [3.05, 3.63) is 78.4 Å². The average molecular weight is 508 g/mol. The summed E-state index contributed by atoms with van der Waals surface area (Å²) in [5.74, 6) is -4.79. The lowest BCUT2D eigenvalue weighted by atomic mass is 9.85. The van der Waals surface area contributed by atoms with Crippen molar-refractivity contribution in [1.29, 1.82) is 0 Å². The molecule has 7 nitrogen and oxygen atoms in total. The molecular weight excluding hydrogens is 479 g/mol. The molecule has 0 bridgehead atoms. The number of nitrogens with zero attached hydrogens (tertiary/aromatic N) is 1. The van der Waals surface area contributed by atoms with Gasteiger partial charge in [0.15, 0.2) is 5.60 Å². The van der Waals surface area contributed by atoms with Crippen LogP contribution in [0.25, 0.3) is 5.57 Å². The van der Waals surface area contributed by atoms with E-state index >= 15 is 0 Å². The molecule has 36 heavy (non-hydrogen) atoms. The minimum absolute atomic E-state index is 0.261. The van der Waals surface area contributed by atoms with Crippen molar-refractivity contribution in [1.82, 2.24) is 4.90 Å². The summed E-state index contributed by atoms with van der Waals surface area (Å²) in [7, 11) is 1.91. The number of carbonyl (C=O) groups is 3. The zero-order valence-corrected chi connectivity index (χ0v) is 20.1. The Kier molecular flexibility index (Phi) is 9.41. The fraction of sp³-hybridized carbons (Fsp3) is 0.346. The predicted molar refractivity (Wildman–Crippen MR) is 125 cm³/mol. The minimum atomic E-state index is -5.35. The number of benzene rings is 2. The molecule has 1 N–H and O–H groups in total. The second-order valence-corrected chi connectivity index (χ2v) is 8.21. The van der Waals surface area contributed by atoms with E-state index in [0.717, 1.165) is 14.2 Å². The number of aliphatic hydroxyl groups is 1. The summed E-state index contributed by atoms with van der Waals surface area (Å²) in [5.41, 5.74) is -1.41. The Morgan fingerprint density at radius 2 is 1.50 bits per heavy atom. The SMILES string of the molecule is C=C(C[C@](O)(C[C@@H](C(=O)OC)N(C(=O)C(F)(F)F)[C@H](C)c1ccccc1)C(=O)OC)c1ccccc1. The Morgan fingerprint density at radius 1 is 0.972 bits per heavy atom. The second kappa shape index (κ2) is 11.9. The van der Waals surface area contributed by atoms with Gasteiger partial charge in [-0.3, -0.25) is 4.79 Å². The molecule has 0 heterocycles. The van der Waals surface area contributed by atoms with Gasteiger partial charge in [0.2, 0.25) is 0 Å². The maximum atomic E-state index is 13.7. The molecule has 10 heteroatoms. The van der Waals surface area contributed by atoms with Gasteiger partial charge in [-0.2, -0.15) is 13.2 Å². The van der Waals surface area contributed by atoms with E-state index in [1.54, 1.807) is 48.5 Å². The maximum Gasteiger partial charge on any atom is 0.471 e. The van der Waals surface area contributed by atoms with Crippen LogP contribution in [0.3, 0.4) is 0 Å². The summed E-state index contributed by atoms with van der Waals surface area (Å²) in [5, 5.41) is 11.3. The number of amides is 1. The molecule has 2 rings (SSSR count). The van der Waals surface area contributed by atoms with Gasteiger partial charge in [0.25, 0.3) is 0 Å². The number of ether oxygens (including phenoxy) is 2. The van der Waals surface area contributed by atoms with Gasteiger partial charge in [0.1, 0.15) is 6.04 Å². The van der Waals surface area contributed by atoms with E-state index in [2.05, 4.69) is 6.58 Å². The molecule has 0 unspecified atom stereocenters. The van der Waals surface area contributed by atoms with Crippen molar-refractivity contribution in [3.63, 3.8) is 0 Å². The number of hydrogen-bond acceptors (Lipinski definition) is 6. The van der Waals surface area contributed by atoms with Crippen molar-refractivity contribution < 1.29 is 42.1 Å². The predicted octanol–water partition coefficient (Wildman–Crippen LogP) is 4.08. The first-order chi connectivity index (χ1) is 16.9. The molecule has 0 aliphatic heterocycles. The Bertz CT molecular complexity index is 1070. The molecular formula is C26H28F3NO6. The van der Waals surface area contributed by atoms with E-state index in [9.17, 15) is 32.7 Å². The molecule has 0 saturated heterocycles. The van der Waals surface area contributed by atoms with Crippen molar-refractivity contribution in [3.8, 4) is 0 Å². The van der Waals surface area contributed by atoms with Gasteiger partial charge in [-0.1, -0.05) is 67.2 Å². The number of esters is 2. The summed E-state index contributed by atoms with van der Waals surface area (Å²) in [6.07, 6.45) is -6.77. The first kappa shape index (κ1) is 28.6. The summed E-state index contributed by atoms with van der Waals surface area (Å²) in [6.45, 7) is 5.16. The van der Waals surface area contributed by atoms with Crippen molar-refractivity contribution >= 4 is 23.4 Å². The molecule has 194 valence electrons. The lowest BCUT2D eigenvalue weighted by Gasteiger charge is -2.39. The Labute approximate surface area is 207 Å². The van der Waals surface area contributed by atoms with Gasteiger partial charge < -0.3 is 19.5 Å². The van der Waals surface area contributed by atoms with Crippen LogP contribution in [0.15, 0.2) is 67.2 Å². The highest BCUT2D eigenvalue weighted by Crippen LogP contribution is 2.35. The molecule has 2 aromatic rings.